The van der Waals surface area contributed by atoms with Crippen molar-refractivity contribution in [2.45, 2.75) is 45.8 Å². The van der Waals surface area contributed by atoms with Crippen LogP contribution in [0.1, 0.15) is 33.3 Å². The van der Waals surface area contributed by atoms with E-state index in [9.17, 15) is 4.39 Å². The van der Waals surface area contributed by atoms with Crippen LogP contribution in [0.4, 0.5) is 4.39 Å². The lowest BCUT2D eigenvalue weighted by molar-refractivity contribution is 0.387. The third-order valence-electron chi connectivity index (χ3n) is 2.58. The van der Waals surface area contributed by atoms with Gasteiger partial charge in [-0.15, -0.1) is 0 Å². The van der Waals surface area contributed by atoms with E-state index in [4.69, 9.17) is 0 Å². The molecule has 0 saturated heterocycles. The van der Waals surface area contributed by atoms with E-state index in [1.807, 2.05) is 6.07 Å². The summed E-state index contributed by atoms with van der Waals surface area (Å²) in [6.07, 6.45) is 0. The van der Waals surface area contributed by atoms with Gasteiger partial charge in [0.05, 0.1) is 4.47 Å². The lowest BCUT2D eigenvalue weighted by Crippen LogP contribution is -2.44. The van der Waals surface area contributed by atoms with Gasteiger partial charge in [-0.1, -0.05) is 6.07 Å². The maximum atomic E-state index is 13.1. The second-order valence-electron chi connectivity index (χ2n) is 5.66. The zero-order chi connectivity index (χ0) is 13.8. The number of halogens is 2. The van der Waals surface area contributed by atoms with E-state index < -0.39 is 0 Å². The van der Waals surface area contributed by atoms with Gasteiger partial charge < -0.3 is 10.6 Å². The highest BCUT2D eigenvalue weighted by atomic mass is 79.9. The highest BCUT2D eigenvalue weighted by Crippen LogP contribution is 2.16. The number of hydrogen-bond donors (Lipinski definition) is 2. The molecule has 0 heterocycles. The molecule has 1 aromatic carbocycles. The van der Waals surface area contributed by atoms with E-state index in [0.29, 0.717) is 10.5 Å². The number of rotatable bonds is 5. The molecule has 1 aromatic rings. The van der Waals surface area contributed by atoms with Crippen molar-refractivity contribution in [2.75, 3.05) is 6.54 Å². The highest BCUT2D eigenvalue weighted by molar-refractivity contribution is 9.10. The van der Waals surface area contributed by atoms with Crippen molar-refractivity contribution in [3.05, 3.63) is 34.1 Å². The predicted molar refractivity (Wildman–Crippen MR) is 78.2 cm³/mol. The molecular weight excluding hydrogens is 295 g/mol. The van der Waals surface area contributed by atoms with Gasteiger partial charge in [-0.2, -0.15) is 0 Å². The van der Waals surface area contributed by atoms with Crippen LogP contribution in [0.15, 0.2) is 22.7 Å². The lowest BCUT2D eigenvalue weighted by Gasteiger charge is -2.24. The zero-order valence-electron chi connectivity index (χ0n) is 11.5. The van der Waals surface area contributed by atoms with Crippen LogP contribution in [0.25, 0.3) is 0 Å². The lowest BCUT2D eigenvalue weighted by atomic mass is 10.1. The summed E-state index contributed by atoms with van der Waals surface area (Å²) in [5.41, 5.74) is 1.21. The second-order valence-corrected chi connectivity index (χ2v) is 6.52. The van der Waals surface area contributed by atoms with Crippen molar-refractivity contribution in [3.8, 4) is 0 Å². The fraction of sp³-hybridized carbons (Fsp3) is 0.571. The normalized spacial score (nSPS) is 13.7. The molecule has 1 unspecified atom stereocenters. The zero-order valence-corrected chi connectivity index (χ0v) is 13.1. The largest absolute Gasteiger partial charge is 0.311 e. The van der Waals surface area contributed by atoms with Gasteiger partial charge in [0.1, 0.15) is 5.82 Å². The van der Waals surface area contributed by atoms with Crippen molar-refractivity contribution < 1.29 is 4.39 Å². The van der Waals surface area contributed by atoms with Crippen LogP contribution in [-0.4, -0.2) is 18.1 Å². The van der Waals surface area contributed by atoms with Crippen molar-refractivity contribution in [2.24, 2.45) is 0 Å². The smallest absolute Gasteiger partial charge is 0.137 e. The Kier molecular flexibility index (Phi) is 5.76. The van der Waals surface area contributed by atoms with Gasteiger partial charge in [0.25, 0.3) is 0 Å². The van der Waals surface area contributed by atoms with Gasteiger partial charge in [0.2, 0.25) is 0 Å². The fourth-order valence-corrected chi connectivity index (χ4v) is 1.90. The minimum absolute atomic E-state index is 0.134. The molecule has 1 atom stereocenters. The SMILES string of the molecule is CC(CNC(C)(C)C)NCc1ccc(F)c(Br)c1. The predicted octanol–water partition coefficient (Wildman–Crippen LogP) is 3.45. The highest BCUT2D eigenvalue weighted by Gasteiger charge is 2.10. The van der Waals surface area contributed by atoms with E-state index in [1.165, 1.54) is 6.07 Å². The Morgan fingerprint density at radius 3 is 2.56 bits per heavy atom. The minimum Gasteiger partial charge on any atom is -0.311 e. The van der Waals surface area contributed by atoms with Crippen LogP contribution in [0.3, 0.4) is 0 Å². The summed E-state index contributed by atoms with van der Waals surface area (Å²) in [7, 11) is 0. The molecule has 0 radical (unpaired) electrons. The van der Waals surface area contributed by atoms with E-state index in [2.05, 4.69) is 54.3 Å². The average Bonchev–Trinajstić information content (AvgIpc) is 2.27. The van der Waals surface area contributed by atoms with Gasteiger partial charge in [-0.3, -0.25) is 0 Å². The summed E-state index contributed by atoms with van der Waals surface area (Å²) in [6.45, 7) is 10.2. The van der Waals surface area contributed by atoms with Gasteiger partial charge in [0.15, 0.2) is 0 Å². The van der Waals surface area contributed by atoms with E-state index in [1.54, 1.807) is 6.07 Å². The molecule has 0 aromatic heterocycles. The molecular formula is C14H22BrFN2. The Hall–Kier alpha value is -0.450. The maximum absolute atomic E-state index is 13.1. The monoisotopic (exact) mass is 316 g/mol. The summed E-state index contributed by atoms with van der Waals surface area (Å²) in [6, 6.07) is 5.47. The average molecular weight is 317 g/mol. The fourth-order valence-electron chi connectivity index (χ4n) is 1.47. The van der Waals surface area contributed by atoms with Crippen LogP contribution in [-0.2, 0) is 6.54 Å². The quantitative estimate of drug-likeness (QED) is 0.869. The standard InChI is InChI=1S/C14H22BrFN2/c1-10(8-18-14(2,3)4)17-9-11-5-6-13(16)12(15)7-11/h5-7,10,17-18H,8-9H2,1-4H3. The second kappa shape index (κ2) is 6.64. The third-order valence-corrected chi connectivity index (χ3v) is 3.18. The molecule has 0 aliphatic carbocycles. The van der Waals surface area contributed by atoms with Crippen molar-refractivity contribution in [3.63, 3.8) is 0 Å². The molecule has 4 heteroatoms. The molecule has 1 rings (SSSR count). The van der Waals surface area contributed by atoms with Gasteiger partial charge in [-0.25, -0.2) is 4.39 Å². The summed E-state index contributed by atoms with van der Waals surface area (Å²) in [5.74, 6) is -0.221. The summed E-state index contributed by atoms with van der Waals surface area (Å²) in [4.78, 5) is 0. The Labute approximate surface area is 117 Å². The van der Waals surface area contributed by atoms with Crippen molar-refractivity contribution in [1.82, 2.24) is 10.6 Å². The first-order valence-corrected chi connectivity index (χ1v) is 6.99. The summed E-state index contributed by atoms with van der Waals surface area (Å²) in [5, 5.41) is 6.86. The van der Waals surface area contributed by atoms with Crippen LogP contribution >= 0.6 is 15.9 Å². The van der Waals surface area contributed by atoms with Gasteiger partial charge >= 0.3 is 0 Å². The first-order chi connectivity index (χ1) is 8.28. The van der Waals surface area contributed by atoms with E-state index >= 15 is 0 Å². The van der Waals surface area contributed by atoms with Crippen LogP contribution in [0.5, 0.6) is 0 Å². The molecule has 0 saturated carbocycles. The molecule has 0 bridgehead atoms. The molecule has 2 N–H and O–H groups in total. The van der Waals surface area contributed by atoms with Crippen molar-refractivity contribution in [1.29, 1.82) is 0 Å². The van der Waals surface area contributed by atoms with E-state index in [0.717, 1.165) is 18.7 Å². The maximum Gasteiger partial charge on any atom is 0.137 e. The van der Waals surface area contributed by atoms with Crippen LogP contribution in [0, 0.1) is 5.82 Å². The minimum atomic E-state index is -0.221. The Balaban J connectivity index is 2.38. The number of nitrogens with one attached hydrogen (secondary N) is 2. The molecule has 18 heavy (non-hydrogen) atoms. The molecule has 0 amide bonds. The third kappa shape index (κ3) is 5.94. The van der Waals surface area contributed by atoms with Gasteiger partial charge in [-0.05, 0) is 61.3 Å². The Morgan fingerprint density at radius 1 is 1.33 bits per heavy atom. The van der Waals surface area contributed by atoms with Crippen LogP contribution in [0.2, 0.25) is 0 Å². The first kappa shape index (κ1) is 15.6. The summed E-state index contributed by atoms with van der Waals surface area (Å²) < 4.78 is 13.6. The number of benzene rings is 1. The Bertz CT molecular complexity index is 388. The van der Waals surface area contributed by atoms with Crippen LogP contribution < -0.4 is 10.6 Å². The topological polar surface area (TPSA) is 24.1 Å². The molecule has 0 aliphatic heterocycles. The molecule has 0 aliphatic rings. The molecule has 102 valence electrons. The Morgan fingerprint density at radius 2 is 2.00 bits per heavy atom. The molecule has 0 spiro atoms. The van der Waals surface area contributed by atoms with E-state index in [-0.39, 0.29) is 11.4 Å². The summed E-state index contributed by atoms with van der Waals surface area (Å²) >= 11 is 3.19. The molecule has 0 fully saturated rings. The van der Waals surface area contributed by atoms with Crippen molar-refractivity contribution >= 4 is 15.9 Å². The van der Waals surface area contributed by atoms with Gasteiger partial charge in [0, 0.05) is 24.7 Å². The number of hydrogen-bond acceptors (Lipinski definition) is 2. The first-order valence-electron chi connectivity index (χ1n) is 6.20. The molecule has 2 nitrogen and oxygen atoms in total.